The summed E-state index contributed by atoms with van der Waals surface area (Å²) in [6.07, 6.45) is 0.299. The molecule has 1 aliphatic heterocycles. The molecular formula is C12H19NO3. The Morgan fingerprint density at radius 3 is 2.44 bits per heavy atom. The smallest absolute Gasteiger partial charge is 0.415 e. The number of carbonyl (C=O) groups is 1. The van der Waals surface area contributed by atoms with Gasteiger partial charge in [0.15, 0.2) is 0 Å². The Bertz CT molecular complexity index is 346. The minimum absolute atomic E-state index is 0.293. The SMILES string of the molecule is CC(C)(C)OC(=O)N1CCC(C)(C)C1=C=O. The average Bonchev–Trinajstić information content (AvgIpc) is 2.37. The second-order valence-electron chi connectivity index (χ2n) is 5.72. The highest BCUT2D eigenvalue weighted by atomic mass is 16.6. The first-order chi connectivity index (χ1) is 7.17. The molecule has 4 heteroatoms. The molecule has 16 heavy (non-hydrogen) atoms. The summed E-state index contributed by atoms with van der Waals surface area (Å²) in [5.41, 5.74) is -0.446. The molecule has 90 valence electrons. The van der Waals surface area contributed by atoms with E-state index >= 15 is 0 Å². The van der Waals surface area contributed by atoms with Crippen molar-refractivity contribution in [3.05, 3.63) is 5.70 Å². The average molecular weight is 225 g/mol. The Kier molecular flexibility index (Phi) is 3.15. The number of amides is 1. The van der Waals surface area contributed by atoms with E-state index in [1.54, 1.807) is 20.8 Å². The van der Waals surface area contributed by atoms with Gasteiger partial charge >= 0.3 is 6.09 Å². The summed E-state index contributed by atoms with van der Waals surface area (Å²) in [5.74, 6) is 1.86. The van der Waals surface area contributed by atoms with Crippen LogP contribution in [0.15, 0.2) is 5.70 Å². The van der Waals surface area contributed by atoms with Crippen LogP contribution in [0.4, 0.5) is 4.79 Å². The maximum Gasteiger partial charge on any atom is 0.415 e. The molecule has 0 radical (unpaired) electrons. The Hall–Kier alpha value is -1.28. The van der Waals surface area contributed by atoms with Crippen LogP contribution < -0.4 is 0 Å². The van der Waals surface area contributed by atoms with Gasteiger partial charge in [-0.2, -0.15) is 0 Å². The highest BCUT2D eigenvalue weighted by Gasteiger charge is 2.40. The van der Waals surface area contributed by atoms with Gasteiger partial charge in [-0.3, -0.25) is 4.90 Å². The first-order valence-corrected chi connectivity index (χ1v) is 5.43. The lowest BCUT2D eigenvalue weighted by Gasteiger charge is -2.25. The number of carbonyl (C=O) groups excluding carboxylic acids is 2. The molecule has 0 spiro atoms. The normalized spacial score (nSPS) is 19.6. The van der Waals surface area contributed by atoms with Gasteiger partial charge in [-0.1, -0.05) is 13.8 Å². The number of allylic oxidation sites excluding steroid dienone is 1. The summed E-state index contributed by atoms with van der Waals surface area (Å²) in [4.78, 5) is 24.1. The van der Waals surface area contributed by atoms with E-state index in [-0.39, 0.29) is 5.41 Å². The van der Waals surface area contributed by atoms with Crippen molar-refractivity contribution in [2.24, 2.45) is 5.41 Å². The third-order valence-electron chi connectivity index (χ3n) is 2.58. The number of nitrogens with zero attached hydrogens (tertiary/aromatic N) is 1. The van der Waals surface area contributed by atoms with Crippen molar-refractivity contribution in [1.82, 2.24) is 4.90 Å². The molecule has 0 aliphatic carbocycles. The van der Waals surface area contributed by atoms with E-state index in [2.05, 4.69) is 0 Å². The van der Waals surface area contributed by atoms with Gasteiger partial charge in [0.1, 0.15) is 17.2 Å². The van der Waals surface area contributed by atoms with Crippen LogP contribution in [0.5, 0.6) is 0 Å². The molecule has 0 unspecified atom stereocenters. The Morgan fingerprint density at radius 1 is 1.44 bits per heavy atom. The van der Waals surface area contributed by atoms with E-state index in [0.29, 0.717) is 12.2 Å². The van der Waals surface area contributed by atoms with Gasteiger partial charge in [-0.05, 0) is 27.2 Å². The number of hydrogen-bond acceptors (Lipinski definition) is 3. The third kappa shape index (κ3) is 2.64. The van der Waals surface area contributed by atoms with E-state index < -0.39 is 11.7 Å². The monoisotopic (exact) mass is 225 g/mol. The summed E-state index contributed by atoms with van der Waals surface area (Å²) in [7, 11) is 0. The zero-order valence-electron chi connectivity index (χ0n) is 10.6. The van der Waals surface area contributed by atoms with Crippen LogP contribution in [0.3, 0.4) is 0 Å². The second-order valence-corrected chi connectivity index (χ2v) is 5.72. The molecule has 0 aromatic heterocycles. The van der Waals surface area contributed by atoms with E-state index in [0.717, 1.165) is 6.42 Å². The molecule has 1 rings (SSSR count). The number of rotatable bonds is 0. The molecule has 0 saturated carbocycles. The Labute approximate surface area is 96.3 Å². The van der Waals surface area contributed by atoms with Gasteiger partial charge in [0, 0.05) is 12.0 Å². The van der Waals surface area contributed by atoms with Gasteiger partial charge in [0.25, 0.3) is 0 Å². The Morgan fingerprint density at radius 2 is 2.00 bits per heavy atom. The van der Waals surface area contributed by atoms with Crippen LogP contribution in [0, 0.1) is 5.41 Å². The Balaban J connectivity index is 2.84. The molecule has 1 fully saturated rings. The molecule has 0 N–H and O–H groups in total. The fourth-order valence-corrected chi connectivity index (χ4v) is 1.68. The molecule has 0 aromatic rings. The second kappa shape index (κ2) is 3.95. The van der Waals surface area contributed by atoms with Crippen LogP contribution in [-0.4, -0.2) is 29.1 Å². The van der Waals surface area contributed by atoms with Crippen LogP contribution in [0.2, 0.25) is 0 Å². The molecule has 1 amide bonds. The van der Waals surface area contributed by atoms with Crippen molar-refractivity contribution in [2.75, 3.05) is 6.54 Å². The zero-order valence-corrected chi connectivity index (χ0v) is 10.6. The maximum absolute atomic E-state index is 11.8. The third-order valence-corrected chi connectivity index (χ3v) is 2.58. The predicted molar refractivity (Wildman–Crippen MR) is 60.5 cm³/mol. The van der Waals surface area contributed by atoms with Crippen molar-refractivity contribution in [3.63, 3.8) is 0 Å². The number of ether oxygens (including phenoxy) is 1. The molecule has 0 aromatic carbocycles. The molecule has 0 atom stereocenters. The first kappa shape index (κ1) is 12.8. The van der Waals surface area contributed by atoms with E-state index in [1.165, 1.54) is 4.90 Å². The maximum atomic E-state index is 11.8. The van der Waals surface area contributed by atoms with Crippen molar-refractivity contribution in [3.8, 4) is 0 Å². The summed E-state index contributed by atoms with van der Waals surface area (Å²) in [6, 6.07) is 0. The number of likely N-dealkylation sites (tertiary alicyclic amines) is 1. The van der Waals surface area contributed by atoms with Crippen LogP contribution in [-0.2, 0) is 9.53 Å². The van der Waals surface area contributed by atoms with Gasteiger partial charge in [-0.25, -0.2) is 9.59 Å². The van der Waals surface area contributed by atoms with Gasteiger partial charge in [-0.15, -0.1) is 0 Å². The summed E-state index contributed by atoms with van der Waals surface area (Å²) >= 11 is 0. The van der Waals surface area contributed by atoms with Crippen LogP contribution in [0.25, 0.3) is 0 Å². The highest BCUT2D eigenvalue weighted by Crippen LogP contribution is 2.38. The van der Waals surface area contributed by atoms with Crippen molar-refractivity contribution >= 4 is 12.0 Å². The van der Waals surface area contributed by atoms with Crippen molar-refractivity contribution < 1.29 is 14.3 Å². The van der Waals surface area contributed by atoms with E-state index in [4.69, 9.17) is 4.74 Å². The lowest BCUT2D eigenvalue weighted by molar-refractivity contribution is 0.0335. The van der Waals surface area contributed by atoms with Crippen molar-refractivity contribution in [1.29, 1.82) is 0 Å². The first-order valence-electron chi connectivity index (χ1n) is 5.43. The fourth-order valence-electron chi connectivity index (χ4n) is 1.68. The molecule has 1 saturated heterocycles. The summed E-state index contributed by atoms with van der Waals surface area (Å²) in [5, 5.41) is 0. The quantitative estimate of drug-likeness (QED) is 0.594. The minimum atomic E-state index is -0.544. The summed E-state index contributed by atoms with van der Waals surface area (Å²) in [6.45, 7) is 9.78. The molecular weight excluding hydrogens is 206 g/mol. The van der Waals surface area contributed by atoms with Crippen LogP contribution >= 0.6 is 0 Å². The number of hydrogen-bond donors (Lipinski definition) is 0. The largest absolute Gasteiger partial charge is 0.443 e. The van der Waals surface area contributed by atoms with Gasteiger partial charge in [0.2, 0.25) is 0 Å². The zero-order chi connectivity index (χ0) is 12.6. The highest BCUT2D eigenvalue weighted by molar-refractivity contribution is 5.75. The minimum Gasteiger partial charge on any atom is -0.443 e. The van der Waals surface area contributed by atoms with E-state index in [9.17, 15) is 9.59 Å². The molecule has 0 bridgehead atoms. The van der Waals surface area contributed by atoms with Gasteiger partial charge in [0.05, 0.1) is 0 Å². The molecule has 4 nitrogen and oxygen atoms in total. The topological polar surface area (TPSA) is 46.6 Å². The van der Waals surface area contributed by atoms with Crippen LogP contribution in [0.1, 0.15) is 41.0 Å². The summed E-state index contributed by atoms with van der Waals surface area (Å²) < 4.78 is 5.23. The lowest BCUT2D eigenvalue weighted by atomic mass is 9.90. The molecule has 1 aliphatic rings. The fraction of sp³-hybridized carbons (Fsp3) is 0.750. The van der Waals surface area contributed by atoms with Gasteiger partial charge < -0.3 is 4.74 Å². The molecule has 1 heterocycles. The predicted octanol–water partition coefficient (Wildman–Crippen LogP) is 2.37. The lowest BCUT2D eigenvalue weighted by Crippen LogP contribution is -2.35. The van der Waals surface area contributed by atoms with Crippen molar-refractivity contribution in [2.45, 2.75) is 46.6 Å². The standard InChI is InChI=1S/C12H19NO3/c1-11(2,3)16-10(15)13-7-6-12(4,5)9(13)8-14/h6-7H2,1-5H3. The van der Waals surface area contributed by atoms with E-state index in [1.807, 2.05) is 19.8 Å².